The van der Waals surface area contributed by atoms with E-state index in [1.807, 2.05) is 0 Å². The quantitative estimate of drug-likeness (QED) is 0.639. The Morgan fingerprint density at radius 2 is 2.25 bits per heavy atom. The van der Waals surface area contributed by atoms with Gasteiger partial charge in [0.15, 0.2) is 0 Å². The molecule has 0 spiro atoms. The summed E-state index contributed by atoms with van der Waals surface area (Å²) in [5.41, 5.74) is 5.16. The van der Waals surface area contributed by atoms with E-state index in [-0.39, 0.29) is 17.0 Å². The zero-order valence-corrected chi connectivity index (χ0v) is 6.47. The molecular weight excluding hydrogens is 159 g/mol. The zero-order chi connectivity index (χ0) is 9.14. The highest BCUT2D eigenvalue weighted by Gasteiger charge is 2.09. The van der Waals surface area contributed by atoms with Crippen molar-refractivity contribution in [2.45, 2.75) is 0 Å². The largest absolute Gasteiger partial charge is 0.495 e. The first-order chi connectivity index (χ1) is 5.70. The van der Waals surface area contributed by atoms with Crippen LogP contribution in [-0.4, -0.2) is 7.11 Å². The van der Waals surface area contributed by atoms with Gasteiger partial charge in [0.05, 0.1) is 12.8 Å². The third-order valence-corrected chi connectivity index (χ3v) is 1.49. The number of anilines is 1. The second-order valence-electron chi connectivity index (χ2n) is 2.15. The van der Waals surface area contributed by atoms with Crippen molar-refractivity contribution in [3.05, 3.63) is 23.5 Å². The average molecular weight is 166 g/mol. The lowest BCUT2D eigenvalue weighted by atomic mass is 10.1. The fourth-order valence-electron chi connectivity index (χ4n) is 0.860. The maximum absolute atomic E-state index is 12.8. The van der Waals surface area contributed by atoms with E-state index in [2.05, 4.69) is 0 Å². The Labute approximate surface area is 69.2 Å². The Morgan fingerprint density at radius 1 is 1.58 bits per heavy atom. The summed E-state index contributed by atoms with van der Waals surface area (Å²) in [7, 11) is 1.40. The van der Waals surface area contributed by atoms with Gasteiger partial charge >= 0.3 is 0 Å². The number of nitriles is 1. The van der Waals surface area contributed by atoms with Crippen molar-refractivity contribution >= 4 is 5.69 Å². The Kier molecular flexibility index (Phi) is 2.15. The third kappa shape index (κ3) is 1.17. The molecule has 0 aromatic heterocycles. The molecule has 2 N–H and O–H groups in total. The zero-order valence-electron chi connectivity index (χ0n) is 6.47. The summed E-state index contributed by atoms with van der Waals surface area (Å²) in [5, 5.41) is 8.58. The Balaban J connectivity index is 3.38. The van der Waals surface area contributed by atoms with Crippen molar-refractivity contribution in [2.75, 3.05) is 12.8 Å². The predicted molar refractivity (Wildman–Crippen MR) is 42.1 cm³/mol. The minimum absolute atomic E-state index is 0.0394. The van der Waals surface area contributed by atoms with Crippen LogP contribution in [0.2, 0.25) is 0 Å². The van der Waals surface area contributed by atoms with Crippen LogP contribution >= 0.6 is 0 Å². The summed E-state index contributed by atoms with van der Waals surface area (Å²) in [6, 6.07) is 4.29. The normalized spacial score (nSPS) is 9.08. The summed E-state index contributed by atoms with van der Waals surface area (Å²) in [6.45, 7) is 0. The molecule has 0 saturated heterocycles. The van der Waals surface area contributed by atoms with Crippen LogP contribution in [0.3, 0.4) is 0 Å². The van der Waals surface area contributed by atoms with Crippen molar-refractivity contribution in [1.29, 1.82) is 5.26 Å². The third-order valence-electron chi connectivity index (χ3n) is 1.49. The molecular formula is C8H7FN2O. The second kappa shape index (κ2) is 3.09. The van der Waals surface area contributed by atoms with Gasteiger partial charge in [0, 0.05) is 0 Å². The number of hydrogen-bond acceptors (Lipinski definition) is 3. The molecule has 0 aliphatic carbocycles. The van der Waals surface area contributed by atoms with Gasteiger partial charge in [-0.2, -0.15) is 5.26 Å². The molecule has 12 heavy (non-hydrogen) atoms. The molecule has 3 nitrogen and oxygen atoms in total. The molecule has 0 heterocycles. The fourth-order valence-corrected chi connectivity index (χ4v) is 0.860. The number of benzene rings is 1. The molecule has 0 fully saturated rings. The van der Waals surface area contributed by atoms with Crippen LogP contribution in [0.25, 0.3) is 0 Å². The maximum Gasteiger partial charge on any atom is 0.147 e. The molecule has 4 heteroatoms. The number of ether oxygens (including phenoxy) is 1. The highest BCUT2D eigenvalue weighted by atomic mass is 19.1. The molecule has 0 atom stereocenters. The van der Waals surface area contributed by atoms with Crippen LogP contribution in [0.5, 0.6) is 5.75 Å². The molecule has 0 bridgehead atoms. The molecule has 0 amide bonds. The Bertz CT molecular complexity index is 344. The summed E-state index contributed by atoms with van der Waals surface area (Å²) >= 11 is 0. The van der Waals surface area contributed by atoms with Gasteiger partial charge in [-0.15, -0.1) is 0 Å². The highest BCUT2D eigenvalue weighted by molar-refractivity contribution is 5.61. The summed E-state index contributed by atoms with van der Waals surface area (Å²) in [6.07, 6.45) is 0. The first-order valence-corrected chi connectivity index (χ1v) is 3.22. The number of hydrogen-bond donors (Lipinski definition) is 1. The molecule has 0 saturated carbocycles. The number of nitrogens with zero attached hydrogens (tertiary/aromatic N) is 1. The van der Waals surface area contributed by atoms with Crippen LogP contribution in [0.1, 0.15) is 5.56 Å². The molecule has 1 aromatic rings. The summed E-state index contributed by atoms with van der Waals surface area (Å²) < 4.78 is 17.6. The molecule has 0 aliphatic heterocycles. The molecule has 1 aromatic carbocycles. The van der Waals surface area contributed by atoms with Gasteiger partial charge < -0.3 is 10.5 Å². The number of nitrogens with two attached hydrogens (primary N) is 1. The first kappa shape index (κ1) is 8.34. The first-order valence-electron chi connectivity index (χ1n) is 3.22. The van der Waals surface area contributed by atoms with Crippen molar-refractivity contribution in [2.24, 2.45) is 0 Å². The van der Waals surface area contributed by atoms with E-state index in [1.165, 1.54) is 13.2 Å². The average Bonchev–Trinajstić information content (AvgIpc) is 2.09. The van der Waals surface area contributed by atoms with Gasteiger partial charge in [0.2, 0.25) is 0 Å². The van der Waals surface area contributed by atoms with E-state index >= 15 is 0 Å². The van der Waals surface area contributed by atoms with Crippen molar-refractivity contribution < 1.29 is 9.13 Å². The fraction of sp³-hybridized carbons (Fsp3) is 0.125. The molecule has 1 rings (SSSR count). The monoisotopic (exact) mass is 166 g/mol. The van der Waals surface area contributed by atoms with E-state index in [0.29, 0.717) is 0 Å². The van der Waals surface area contributed by atoms with E-state index in [0.717, 1.165) is 6.07 Å². The van der Waals surface area contributed by atoms with E-state index in [9.17, 15) is 4.39 Å². The number of rotatable bonds is 1. The molecule has 0 unspecified atom stereocenters. The van der Waals surface area contributed by atoms with Crippen LogP contribution in [0.4, 0.5) is 10.1 Å². The Morgan fingerprint density at radius 3 is 2.75 bits per heavy atom. The predicted octanol–water partition coefficient (Wildman–Crippen LogP) is 1.29. The minimum Gasteiger partial charge on any atom is -0.495 e. The number of halogens is 1. The van der Waals surface area contributed by atoms with Gasteiger partial charge in [0.25, 0.3) is 0 Å². The maximum atomic E-state index is 12.8. The van der Waals surface area contributed by atoms with Gasteiger partial charge in [-0.25, -0.2) is 4.39 Å². The van der Waals surface area contributed by atoms with E-state index < -0.39 is 5.82 Å². The Hall–Kier alpha value is -1.76. The number of nitrogen functional groups attached to an aromatic ring is 1. The van der Waals surface area contributed by atoms with Gasteiger partial charge in [0.1, 0.15) is 23.2 Å². The molecule has 62 valence electrons. The smallest absolute Gasteiger partial charge is 0.147 e. The van der Waals surface area contributed by atoms with Crippen LogP contribution in [0, 0.1) is 17.1 Å². The van der Waals surface area contributed by atoms with Crippen molar-refractivity contribution in [3.63, 3.8) is 0 Å². The van der Waals surface area contributed by atoms with Crippen LogP contribution in [-0.2, 0) is 0 Å². The van der Waals surface area contributed by atoms with Crippen molar-refractivity contribution in [3.8, 4) is 11.8 Å². The summed E-state index contributed by atoms with van der Waals surface area (Å²) in [4.78, 5) is 0. The lowest BCUT2D eigenvalue weighted by Crippen LogP contribution is -1.97. The minimum atomic E-state index is -0.604. The second-order valence-corrected chi connectivity index (χ2v) is 2.15. The van der Waals surface area contributed by atoms with E-state index in [4.69, 9.17) is 15.7 Å². The van der Waals surface area contributed by atoms with Gasteiger partial charge in [-0.05, 0) is 12.1 Å². The van der Waals surface area contributed by atoms with Crippen LogP contribution in [0.15, 0.2) is 12.1 Å². The number of methoxy groups -OCH3 is 1. The van der Waals surface area contributed by atoms with Crippen LogP contribution < -0.4 is 10.5 Å². The topological polar surface area (TPSA) is 59.0 Å². The highest BCUT2D eigenvalue weighted by Crippen LogP contribution is 2.25. The van der Waals surface area contributed by atoms with Gasteiger partial charge in [-0.3, -0.25) is 0 Å². The lowest BCUT2D eigenvalue weighted by molar-refractivity contribution is 0.412. The lowest BCUT2D eigenvalue weighted by Gasteiger charge is -2.04. The molecule has 0 aliphatic rings. The van der Waals surface area contributed by atoms with E-state index in [1.54, 1.807) is 6.07 Å². The van der Waals surface area contributed by atoms with Gasteiger partial charge in [-0.1, -0.05) is 0 Å². The molecule has 0 radical (unpaired) electrons. The summed E-state index contributed by atoms with van der Waals surface area (Å²) in [5.74, 6) is -0.316. The van der Waals surface area contributed by atoms with Crippen molar-refractivity contribution in [1.82, 2.24) is 0 Å². The SMILES string of the molecule is COc1ccc(F)c(N)c1C#N. The standard InChI is InChI=1S/C8H7FN2O/c1-12-7-3-2-6(9)8(11)5(7)4-10/h2-3H,11H2,1H3.